The molecule has 1 heterocycles. The number of aliphatic hydroxyl groups excluding tert-OH is 1. The van der Waals surface area contributed by atoms with Gasteiger partial charge in [0.25, 0.3) is 0 Å². The van der Waals surface area contributed by atoms with Gasteiger partial charge in [-0.15, -0.1) is 0 Å². The summed E-state index contributed by atoms with van der Waals surface area (Å²) in [4.78, 5) is 1.62. The third kappa shape index (κ3) is 2.76. The molecule has 0 fully saturated rings. The summed E-state index contributed by atoms with van der Waals surface area (Å²) in [7, 11) is 0. The Balaban J connectivity index is 1.47. The van der Waals surface area contributed by atoms with Crippen molar-refractivity contribution in [3.63, 3.8) is 0 Å². The summed E-state index contributed by atoms with van der Waals surface area (Å²) < 4.78 is 0. The predicted molar refractivity (Wildman–Crippen MR) is 87.1 cm³/mol. The number of nitrogens with zero attached hydrogens (tertiary/aromatic N) is 3. The summed E-state index contributed by atoms with van der Waals surface area (Å²) in [6.45, 7) is 0.572. The summed E-state index contributed by atoms with van der Waals surface area (Å²) in [5, 5.41) is 22.5. The molecule has 0 spiro atoms. The van der Waals surface area contributed by atoms with Crippen LogP contribution >= 0.6 is 0 Å². The average Bonchev–Trinajstić information content (AvgIpc) is 3.18. The highest BCUT2D eigenvalue weighted by molar-refractivity contribution is 5.36. The minimum Gasteiger partial charge on any atom is -0.391 e. The lowest BCUT2D eigenvalue weighted by atomic mass is 10.1. The molecule has 0 unspecified atom stereocenters. The molecular formula is C18H18N4O. The van der Waals surface area contributed by atoms with E-state index in [1.165, 1.54) is 11.1 Å². The number of benzene rings is 2. The van der Waals surface area contributed by atoms with Gasteiger partial charge in [-0.3, -0.25) is 0 Å². The lowest BCUT2D eigenvalue weighted by Crippen LogP contribution is -2.28. The van der Waals surface area contributed by atoms with Crippen LogP contribution in [-0.4, -0.2) is 26.2 Å². The lowest BCUT2D eigenvalue weighted by Gasteiger charge is -2.17. The van der Waals surface area contributed by atoms with E-state index in [4.69, 9.17) is 0 Å². The second-order valence-electron chi connectivity index (χ2n) is 5.79. The first-order valence-electron chi connectivity index (χ1n) is 7.77. The lowest BCUT2D eigenvalue weighted by molar-refractivity contribution is 0.140. The third-order valence-electron chi connectivity index (χ3n) is 4.23. The van der Waals surface area contributed by atoms with Crippen molar-refractivity contribution in [2.24, 2.45) is 0 Å². The fourth-order valence-corrected chi connectivity index (χ4v) is 3.10. The van der Waals surface area contributed by atoms with Crippen LogP contribution in [0.4, 0.5) is 0 Å². The number of hydrogen-bond acceptors (Lipinski definition) is 4. The first-order valence-corrected chi connectivity index (χ1v) is 7.77. The van der Waals surface area contributed by atoms with Gasteiger partial charge in [-0.25, -0.2) is 0 Å². The van der Waals surface area contributed by atoms with Gasteiger partial charge in [0.05, 0.1) is 29.7 Å². The first-order chi connectivity index (χ1) is 11.3. The van der Waals surface area contributed by atoms with E-state index >= 15 is 0 Å². The van der Waals surface area contributed by atoms with Crippen molar-refractivity contribution in [2.75, 3.05) is 0 Å². The number of para-hydroxylation sites is 1. The SMILES string of the molecule is O[C@H]1Cc2ccccc2[C@@H]1NCc1cnn(-c2ccccc2)n1. The van der Waals surface area contributed by atoms with Crippen molar-refractivity contribution in [3.05, 3.63) is 77.6 Å². The normalized spacial score (nSPS) is 19.7. The molecule has 3 aromatic rings. The summed E-state index contributed by atoms with van der Waals surface area (Å²) in [6.07, 6.45) is 2.06. The fourth-order valence-electron chi connectivity index (χ4n) is 3.10. The van der Waals surface area contributed by atoms with Crippen molar-refractivity contribution in [3.8, 4) is 5.69 Å². The van der Waals surface area contributed by atoms with Gasteiger partial charge in [-0.2, -0.15) is 15.0 Å². The van der Waals surface area contributed by atoms with Crippen molar-refractivity contribution < 1.29 is 5.11 Å². The van der Waals surface area contributed by atoms with Crippen molar-refractivity contribution in [1.82, 2.24) is 20.3 Å². The number of rotatable bonds is 4. The van der Waals surface area contributed by atoms with E-state index < -0.39 is 6.10 Å². The topological polar surface area (TPSA) is 63.0 Å². The second-order valence-corrected chi connectivity index (χ2v) is 5.79. The van der Waals surface area contributed by atoms with Crippen LogP contribution in [-0.2, 0) is 13.0 Å². The van der Waals surface area contributed by atoms with Crippen LogP contribution in [0.15, 0.2) is 60.8 Å². The number of hydrogen-bond donors (Lipinski definition) is 2. The van der Waals surface area contributed by atoms with Crippen LogP contribution in [0.5, 0.6) is 0 Å². The molecule has 0 radical (unpaired) electrons. The summed E-state index contributed by atoms with van der Waals surface area (Å²) in [6, 6.07) is 17.9. The van der Waals surface area contributed by atoms with Crippen LogP contribution in [0.25, 0.3) is 5.69 Å². The van der Waals surface area contributed by atoms with Crippen LogP contribution in [0, 0.1) is 0 Å². The molecule has 4 rings (SSSR count). The van der Waals surface area contributed by atoms with Gasteiger partial charge < -0.3 is 10.4 Å². The predicted octanol–water partition coefficient (Wildman–Crippen LogP) is 2.02. The maximum atomic E-state index is 10.3. The zero-order valence-corrected chi connectivity index (χ0v) is 12.6. The Morgan fingerprint density at radius 2 is 1.87 bits per heavy atom. The van der Waals surface area contributed by atoms with E-state index in [9.17, 15) is 5.11 Å². The molecule has 0 saturated carbocycles. The Bertz CT molecular complexity index is 800. The molecule has 0 aliphatic heterocycles. The molecule has 0 saturated heterocycles. The number of aromatic nitrogens is 3. The van der Waals surface area contributed by atoms with Crippen molar-refractivity contribution in [2.45, 2.75) is 25.1 Å². The van der Waals surface area contributed by atoms with E-state index in [1.54, 1.807) is 11.0 Å². The number of nitrogens with one attached hydrogen (secondary N) is 1. The Morgan fingerprint density at radius 1 is 1.09 bits per heavy atom. The average molecular weight is 306 g/mol. The molecule has 23 heavy (non-hydrogen) atoms. The van der Waals surface area contributed by atoms with Crippen LogP contribution < -0.4 is 5.32 Å². The second kappa shape index (κ2) is 5.95. The van der Waals surface area contributed by atoms with E-state index in [2.05, 4.69) is 27.6 Å². The Morgan fingerprint density at radius 3 is 2.74 bits per heavy atom. The minimum absolute atomic E-state index is 0.0481. The first kappa shape index (κ1) is 14.1. The molecule has 1 aromatic heterocycles. The van der Waals surface area contributed by atoms with Crippen molar-refractivity contribution >= 4 is 0 Å². The summed E-state index contributed by atoms with van der Waals surface area (Å²) >= 11 is 0. The van der Waals surface area contributed by atoms with E-state index in [0.717, 1.165) is 11.4 Å². The molecule has 5 heteroatoms. The zero-order valence-electron chi connectivity index (χ0n) is 12.6. The molecule has 2 aromatic carbocycles. The zero-order chi connectivity index (χ0) is 15.6. The largest absolute Gasteiger partial charge is 0.391 e. The molecule has 0 bridgehead atoms. The molecule has 2 atom stereocenters. The highest BCUT2D eigenvalue weighted by Gasteiger charge is 2.30. The molecule has 1 aliphatic rings. The van der Waals surface area contributed by atoms with Gasteiger partial charge in [-0.1, -0.05) is 42.5 Å². The molecule has 116 valence electrons. The van der Waals surface area contributed by atoms with Crippen molar-refractivity contribution in [1.29, 1.82) is 0 Å². The maximum absolute atomic E-state index is 10.3. The van der Waals surface area contributed by atoms with Gasteiger partial charge in [0.1, 0.15) is 0 Å². The van der Waals surface area contributed by atoms with Gasteiger partial charge >= 0.3 is 0 Å². The monoisotopic (exact) mass is 306 g/mol. The van der Waals surface area contributed by atoms with Crippen LogP contribution in [0.1, 0.15) is 22.9 Å². The van der Waals surface area contributed by atoms with E-state index in [0.29, 0.717) is 13.0 Å². The third-order valence-corrected chi connectivity index (χ3v) is 4.23. The quantitative estimate of drug-likeness (QED) is 0.774. The standard InChI is InChI=1S/C18H18N4O/c23-17-10-13-6-4-5-9-16(13)18(17)19-11-14-12-20-22(21-14)15-7-2-1-3-8-15/h1-9,12,17-19,23H,10-11H2/t17-,18-/m0/s1. The Labute approximate surface area is 134 Å². The number of aliphatic hydroxyl groups is 1. The van der Waals surface area contributed by atoms with Gasteiger partial charge in [0, 0.05) is 13.0 Å². The molecule has 5 nitrogen and oxygen atoms in total. The molecule has 1 aliphatic carbocycles. The molecular weight excluding hydrogens is 288 g/mol. The minimum atomic E-state index is -0.392. The van der Waals surface area contributed by atoms with Gasteiger partial charge in [0.15, 0.2) is 0 Å². The Hall–Kier alpha value is -2.50. The smallest absolute Gasteiger partial charge is 0.0969 e. The summed E-state index contributed by atoms with van der Waals surface area (Å²) in [5.41, 5.74) is 4.18. The maximum Gasteiger partial charge on any atom is 0.0969 e. The van der Waals surface area contributed by atoms with Gasteiger partial charge in [0.2, 0.25) is 0 Å². The van der Waals surface area contributed by atoms with Crippen LogP contribution in [0.2, 0.25) is 0 Å². The highest BCUT2D eigenvalue weighted by Crippen LogP contribution is 2.31. The van der Waals surface area contributed by atoms with E-state index in [1.807, 2.05) is 42.5 Å². The van der Waals surface area contributed by atoms with E-state index in [-0.39, 0.29) is 6.04 Å². The molecule has 0 amide bonds. The number of fused-ring (bicyclic) bond motifs is 1. The highest BCUT2D eigenvalue weighted by atomic mass is 16.3. The summed E-state index contributed by atoms with van der Waals surface area (Å²) in [5.74, 6) is 0. The van der Waals surface area contributed by atoms with Gasteiger partial charge in [-0.05, 0) is 23.3 Å². The molecule has 2 N–H and O–H groups in total. The Kier molecular flexibility index (Phi) is 3.65. The van der Waals surface area contributed by atoms with Crippen LogP contribution in [0.3, 0.4) is 0 Å². The fraction of sp³-hybridized carbons (Fsp3) is 0.222.